The van der Waals surface area contributed by atoms with Crippen molar-refractivity contribution < 1.29 is 19.0 Å². The van der Waals surface area contributed by atoms with Crippen molar-refractivity contribution in [2.75, 3.05) is 6.79 Å². The van der Waals surface area contributed by atoms with E-state index in [9.17, 15) is 4.79 Å². The predicted octanol–water partition coefficient (Wildman–Crippen LogP) is 2.81. The number of hydrogen-bond donors (Lipinski definition) is 0. The summed E-state index contributed by atoms with van der Waals surface area (Å²) in [5.41, 5.74) is 3.36. The summed E-state index contributed by atoms with van der Waals surface area (Å²) in [7, 11) is 0. The van der Waals surface area contributed by atoms with Crippen molar-refractivity contribution >= 4 is 11.4 Å². The average Bonchev–Trinajstić information content (AvgIpc) is 3.28. The molecule has 1 aromatic heterocycles. The van der Waals surface area contributed by atoms with E-state index in [4.69, 9.17) is 14.2 Å². The Morgan fingerprint density at radius 3 is 3.00 bits per heavy atom. The third kappa shape index (κ3) is 1.78. The van der Waals surface area contributed by atoms with Gasteiger partial charge in [-0.2, -0.15) is 0 Å². The summed E-state index contributed by atoms with van der Waals surface area (Å²) in [5.74, 6) is 2.09. The smallest absolute Gasteiger partial charge is 0.231 e. The highest BCUT2D eigenvalue weighted by atomic mass is 16.7. The van der Waals surface area contributed by atoms with Crippen molar-refractivity contribution in [3.05, 3.63) is 59.7 Å². The lowest BCUT2D eigenvalue weighted by atomic mass is 9.75. The molecule has 0 N–H and O–H groups in total. The molecule has 3 heterocycles. The quantitative estimate of drug-likeness (QED) is 0.791. The summed E-state index contributed by atoms with van der Waals surface area (Å²) in [5, 5.41) is 0. The van der Waals surface area contributed by atoms with Gasteiger partial charge in [0.15, 0.2) is 17.3 Å². The first-order valence-corrected chi connectivity index (χ1v) is 8.56. The van der Waals surface area contributed by atoms with Gasteiger partial charge in [-0.25, -0.2) is 0 Å². The van der Waals surface area contributed by atoms with Gasteiger partial charge >= 0.3 is 0 Å². The Kier molecular flexibility index (Phi) is 2.49. The highest BCUT2D eigenvalue weighted by Gasteiger charge is 2.47. The molecule has 0 amide bonds. The van der Waals surface area contributed by atoms with Crippen molar-refractivity contribution in [3.8, 4) is 11.5 Å². The van der Waals surface area contributed by atoms with E-state index in [1.54, 1.807) is 12.3 Å². The number of allylic oxidation sites excluding steroid dienone is 5. The van der Waals surface area contributed by atoms with Crippen molar-refractivity contribution in [2.45, 2.75) is 12.5 Å². The molecule has 0 spiro atoms. The van der Waals surface area contributed by atoms with Crippen LogP contribution in [0.3, 0.4) is 0 Å². The number of nitrogens with zero attached hydrogens (tertiary/aromatic N) is 1. The Labute approximate surface area is 144 Å². The lowest BCUT2D eigenvalue weighted by Crippen LogP contribution is -2.36. The maximum Gasteiger partial charge on any atom is 0.231 e. The van der Waals surface area contributed by atoms with Gasteiger partial charge in [-0.1, -0.05) is 18.2 Å². The molecule has 0 saturated heterocycles. The van der Waals surface area contributed by atoms with E-state index in [1.165, 1.54) is 18.3 Å². The van der Waals surface area contributed by atoms with Crippen LogP contribution in [0.4, 0.5) is 0 Å². The van der Waals surface area contributed by atoms with Crippen LogP contribution in [0.25, 0.3) is 5.57 Å². The molecule has 0 aromatic carbocycles. The van der Waals surface area contributed by atoms with Crippen LogP contribution in [0.2, 0.25) is 0 Å². The number of ether oxygens (including phenoxy) is 3. The van der Waals surface area contributed by atoms with Crippen LogP contribution in [0.5, 0.6) is 11.5 Å². The minimum atomic E-state index is -0.308. The second-order valence-corrected chi connectivity index (χ2v) is 7.00. The van der Waals surface area contributed by atoms with E-state index < -0.39 is 0 Å². The van der Waals surface area contributed by atoms with Crippen molar-refractivity contribution in [3.63, 3.8) is 0 Å². The van der Waals surface area contributed by atoms with E-state index in [0.717, 1.165) is 5.57 Å². The first kappa shape index (κ1) is 13.5. The van der Waals surface area contributed by atoms with E-state index in [0.29, 0.717) is 34.6 Å². The first-order chi connectivity index (χ1) is 12.3. The maximum atomic E-state index is 13.3. The summed E-state index contributed by atoms with van der Waals surface area (Å²) in [4.78, 5) is 17.7. The fourth-order valence-corrected chi connectivity index (χ4v) is 4.30. The number of carbonyl (C=O) groups is 1. The highest BCUT2D eigenvalue weighted by molar-refractivity contribution is 6.23. The molecule has 5 aliphatic rings. The number of ketones is 1. The third-order valence-corrected chi connectivity index (χ3v) is 5.66. The third-order valence-electron chi connectivity index (χ3n) is 5.66. The van der Waals surface area contributed by atoms with E-state index in [-0.39, 0.29) is 24.6 Å². The van der Waals surface area contributed by atoms with Gasteiger partial charge in [0.1, 0.15) is 11.8 Å². The molecule has 1 fully saturated rings. The van der Waals surface area contributed by atoms with Crippen molar-refractivity contribution in [1.29, 1.82) is 0 Å². The van der Waals surface area contributed by atoms with Gasteiger partial charge in [-0.3, -0.25) is 9.78 Å². The number of carbonyl (C=O) groups excluding carboxylic acids is 1. The van der Waals surface area contributed by atoms with Gasteiger partial charge in [0.2, 0.25) is 6.79 Å². The lowest BCUT2D eigenvalue weighted by Gasteiger charge is -2.34. The zero-order chi connectivity index (χ0) is 16.5. The molecule has 3 aliphatic carbocycles. The second-order valence-electron chi connectivity index (χ2n) is 7.00. The largest absolute Gasteiger partial charge is 0.492 e. The first-order valence-electron chi connectivity index (χ1n) is 8.56. The number of Topliss-reactive ketones (excluding diaryl/α,β-unsaturated/α-hetero) is 1. The molecular formula is C20H15NO4. The number of aromatic nitrogens is 1. The molecule has 0 radical (unpaired) electrons. The molecule has 5 nitrogen and oxygen atoms in total. The van der Waals surface area contributed by atoms with Crippen LogP contribution in [0.1, 0.15) is 12.1 Å². The van der Waals surface area contributed by atoms with Gasteiger partial charge in [0, 0.05) is 12.3 Å². The van der Waals surface area contributed by atoms with Crippen LogP contribution in [0, 0.1) is 17.8 Å². The summed E-state index contributed by atoms with van der Waals surface area (Å²) in [6.07, 6.45) is 12.6. The van der Waals surface area contributed by atoms with Gasteiger partial charge in [-0.15, -0.1) is 0 Å². The Bertz CT molecular complexity index is 939. The summed E-state index contributed by atoms with van der Waals surface area (Å²) >= 11 is 0. The molecule has 5 heteroatoms. The molecule has 4 unspecified atom stereocenters. The Morgan fingerprint density at radius 2 is 2.04 bits per heavy atom. The zero-order valence-electron chi connectivity index (χ0n) is 13.3. The molecule has 0 bridgehead atoms. The van der Waals surface area contributed by atoms with Crippen LogP contribution in [-0.2, 0) is 9.53 Å². The Balaban J connectivity index is 1.45. The average molecular weight is 333 g/mol. The number of fused-ring (bicyclic) bond motifs is 5. The molecule has 6 rings (SSSR count). The topological polar surface area (TPSA) is 57.7 Å². The fourth-order valence-electron chi connectivity index (χ4n) is 4.30. The molecule has 124 valence electrons. The minimum Gasteiger partial charge on any atom is -0.492 e. The van der Waals surface area contributed by atoms with Crippen LogP contribution in [0.15, 0.2) is 54.0 Å². The van der Waals surface area contributed by atoms with Crippen LogP contribution < -0.4 is 9.47 Å². The number of rotatable bonds is 1. The van der Waals surface area contributed by atoms with E-state index in [1.807, 2.05) is 6.08 Å². The number of hydrogen-bond acceptors (Lipinski definition) is 5. The zero-order valence-corrected chi connectivity index (χ0v) is 13.3. The summed E-state index contributed by atoms with van der Waals surface area (Å²) in [6.45, 7) is 0.145. The van der Waals surface area contributed by atoms with E-state index >= 15 is 0 Å². The number of pyridine rings is 1. The summed E-state index contributed by atoms with van der Waals surface area (Å²) in [6, 6.07) is 1.74. The highest BCUT2D eigenvalue weighted by Crippen LogP contribution is 2.53. The fraction of sp³-hybridized carbons (Fsp3) is 0.300. The van der Waals surface area contributed by atoms with Gasteiger partial charge < -0.3 is 14.2 Å². The molecule has 1 saturated carbocycles. The standard InChI is InChI=1S/C20H15NO4/c22-19-14(18-20-16(5-6-21-18)24-9-25-20)8-23-15-4-3-11-12(17(15)19)2-1-10-7-13(10)11/h1-6,8,10,13,15,17H,7,9H2. The Morgan fingerprint density at radius 1 is 1.12 bits per heavy atom. The Hall–Kier alpha value is -2.82. The van der Waals surface area contributed by atoms with Gasteiger partial charge in [0.25, 0.3) is 0 Å². The molecule has 2 aliphatic heterocycles. The lowest BCUT2D eigenvalue weighted by molar-refractivity contribution is -0.119. The van der Waals surface area contributed by atoms with Crippen LogP contribution in [-0.4, -0.2) is 23.7 Å². The summed E-state index contributed by atoms with van der Waals surface area (Å²) < 4.78 is 16.8. The molecule has 25 heavy (non-hydrogen) atoms. The maximum absolute atomic E-state index is 13.3. The molecular weight excluding hydrogens is 318 g/mol. The SMILES string of the molecule is O=C1C(c2nccc3c2OCO3)=COC2C=CC3=C(C=CC4CC34)C12. The monoisotopic (exact) mass is 333 g/mol. The van der Waals surface area contributed by atoms with E-state index in [2.05, 4.69) is 23.2 Å². The van der Waals surface area contributed by atoms with Crippen LogP contribution >= 0.6 is 0 Å². The minimum absolute atomic E-state index is 0.0354. The normalized spacial score (nSPS) is 33.3. The molecule has 1 aromatic rings. The second kappa shape index (κ2) is 4.63. The van der Waals surface area contributed by atoms with Crippen molar-refractivity contribution in [1.82, 2.24) is 4.98 Å². The van der Waals surface area contributed by atoms with Gasteiger partial charge in [0.05, 0.1) is 17.8 Å². The molecule has 4 atom stereocenters. The van der Waals surface area contributed by atoms with Gasteiger partial charge in [-0.05, 0) is 35.5 Å². The predicted molar refractivity (Wildman–Crippen MR) is 88.6 cm³/mol. The van der Waals surface area contributed by atoms with Crippen molar-refractivity contribution in [2.24, 2.45) is 17.8 Å².